The van der Waals surface area contributed by atoms with E-state index in [1.165, 1.54) is 55.5 Å². The number of fused-ring (bicyclic) bond motifs is 5. The summed E-state index contributed by atoms with van der Waals surface area (Å²) in [6, 6.07) is 20.1. The fourth-order valence-corrected chi connectivity index (χ4v) is 8.29. The molecule has 0 unspecified atom stereocenters. The number of aryl methyl sites for hydroxylation is 1. The first-order chi connectivity index (χ1) is 18.2. The topological polar surface area (TPSA) is 38.2 Å². The zero-order valence-electron chi connectivity index (χ0n) is 22.5. The molecule has 4 heteroatoms. The molecule has 6 rings (SSSR count). The smallest absolute Gasteiger partial charge is 0.119 e. The van der Waals surface area contributed by atoms with Gasteiger partial charge in [0.15, 0.2) is 0 Å². The highest BCUT2D eigenvalue weighted by Gasteiger charge is 2.55. The lowest BCUT2D eigenvalue weighted by atomic mass is 9.55. The van der Waals surface area contributed by atoms with Gasteiger partial charge in [0.05, 0.1) is 7.11 Å². The molecule has 0 bridgehead atoms. The van der Waals surface area contributed by atoms with E-state index in [9.17, 15) is 0 Å². The van der Waals surface area contributed by atoms with Crippen molar-refractivity contribution in [2.45, 2.75) is 70.3 Å². The zero-order chi connectivity index (χ0) is 25.2. The largest absolute Gasteiger partial charge is 0.497 e. The Balaban J connectivity index is 1.22. The van der Waals surface area contributed by atoms with Crippen LogP contribution >= 0.6 is 0 Å². The van der Waals surface area contributed by atoms with Gasteiger partial charge in [0, 0.05) is 55.8 Å². The predicted octanol–water partition coefficient (Wildman–Crippen LogP) is 6.50. The average molecular weight is 496 g/mol. The summed E-state index contributed by atoms with van der Waals surface area (Å²) in [5, 5.41) is 0. The molecule has 2 aromatic heterocycles. The number of hydrogen-bond acceptors (Lipinski definition) is 4. The zero-order valence-corrected chi connectivity index (χ0v) is 22.5. The molecule has 1 aromatic carbocycles. The number of methoxy groups -OCH3 is 1. The van der Waals surface area contributed by atoms with Gasteiger partial charge in [0.1, 0.15) is 5.75 Å². The molecular formula is C33H41N3O. The summed E-state index contributed by atoms with van der Waals surface area (Å²) in [5.41, 5.74) is 5.94. The Morgan fingerprint density at radius 2 is 1.62 bits per heavy atom. The van der Waals surface area contributed by atoms with Gasteiger partial charge >= 0.3 is 0 Å². The third-order valence-electron chi connectivity index (χ3n) is 10.1. The van der Waals surface area contributed by atoms with E-state index in [0.717, 1.165) is 49.4 Å². The van der Waals surface area contributed by atoms with Crippen molar-refractivity contribution in [3.05, 3.63) is 89.5 Å². The number of benzene rings is 1. The number of aromatic nitrogens is 2. The van der Waals surface area contributed by atoms with Crippen LogP contribution in [0.3, 0.4) is 0 Å². The second-order valence-corrected chi connectivity index (χ2v) is 11.8. The maximum Gasteiger partial charge on any atom is 0.119 e. The van der Waals surface area contributed by atoms with Crippen molar-refractivity contribution in [2.75, 3.05) is 20.2 Å². The van der Waals surface area contributed by atoms with E-state index in [2.05, 4.69) is 64.3 Å². The van der Waals surface area contributed by atoms with Crippen molar-refractivity contribution in [1.82, 2.24) is 14.9 Å². The van der Waals surface area contributed by atoms with E-state index in [4.69, 9.17) is 4.74 Å². The van der Waals surface area contributed by atoms with Crippen LogP contribution in [0.4, 0.5) is 0 Å². The van der Waals surface area contributed by atoms with Crippen LogP contribution in [0.25, 0.3) is 0 Å². The second-order valence-electron chi connectivity index (χ2n) is 11.8. The minimum Gasteiger partial charge on any atom is -0.497 e. The van der Waals surface area contributed by atoms with Gasteiger partial charge in [-0.2, -0.15) is 0 Å². The van der Waals surface area contributed by atoms with Gasteiger partial charge in [0.25, 0.3) is 0 Å². The molecule has 2 saturated carbocycles. The highest BCUT2D eigenvalue weighted by atomic mass is 16.5. The number of pyridine rings is 2. The molecule has 0 radical (unpaired) electrons. The number of hydrogen-bond donors (Lipinski definition) is 0. The molecule has 3 aliphatic carbocycles. The standard InChI is InChI=1S/C33H41N3O/c1-33-18-15-29-28-12-10-27(37-2)23-24(28)9-11-30(29)31(33)13-14-32(33)36(21-16-25-7-3-5-19-34-25)22-17-26-8-4-6-20-35-26/h3-8,10,12,19-20,23,29-32H,9,11,13-18,21-22H2,1-2H3/t29-,30-,31+,32+,33+/m1/s1. The first-order valence-electron chi connectivity index (χ1n) is 14.4. The van der Waals surface area contributed by atoms with Crippen molar-refractivity contribution in [3.63, 3.8) is 0 Å². The summed E-state index contributed by atoms with van der Waals surface area (Å²) < 4.78 is 5.54. The molecule has 0 saturated heterocycles. The monoisotopic (exact) mass is 495 g/mol. The number of rotatable bonds is 8. The van der Waals surface area contributed by atoms with E-state index in [1.807, 2.05) is 24.5 Å². The van der Waals surface area contributed by atoms with Crippen LogP contribution in [0.2, 0.25) is 0 Å². The van der Waals surface area contributed by atoms with Gasteiger partial charge in [0.2, 0.25) is 0 Å². The summed E-state index contributed by atoms with van der Waals surface area (Å²) in [5.74, 6) is 3.37. The molecule has 37 heavy (non-hydrogen) atoms. The molecule has 3 aromatic rings. The predicted molar refractivity (Wildman–Crippen MR) is 149 cm³/mol. The summed E-state index contributed by atoms with van der Waals surface area (Å²) >= 11 is 0. The van der Waals surface area contributed by atoms with Gasteiger partial charge < -0.3 is 4.74 Å². The molecule has 0 N–H and O–H groups in total. The van der Waals surface area contributed by atoms with Gasteiger partial charge in [-0.05, 0) is 109 Å². The molecule has 2 heterocycles. The molecule has 3 aliphatic rings. The van der Waals surface area contributed by atoms with Gasteiger partial charge in [-0.25, -0.2) is 0 Å². The Kier molecular flexibility index (Phi) is 7.03. The van der Waals surface area contributed by atoms with E-state index in [-0.39, 0.29) is 0 Å². The Bertz CT molecular complexity index is 1140. The Hall–Kier alpha value is -2.72. The summed E-state index contributed by atoms with van der Waals surface area (Å²) in [6.45, 7) is 4.80. The Labute approximate surface area is 222 Å². The molecule has 0 spiro atoms. The van der Waals surface area contributed by atoms with Crippen molar-refractivity contribution in [1.29, 1.82) is 0 Å². The van der Waals surface area contributed by atoms with Crippen molar-refractivity contribution >= 4 is 0 Å². The normalized spacial score (nSPS) is 28.4. The number of ether oxygens (including phenoxy) is 1. The molecule has 0 amide bonds. The first-order valence-corrected chi connectivity index (χ1v) is 14.4. The number of nitrogens with zero attached hydrogens (tertiary/aromatic N) is 3. The second kappa shape index (κ2) is 10.6. The van der Waals surface area contributed by atoms with Crippen molar-refractivity contribution in [3.8, 4) is 5.75 Å². The molecule has 0 aliphatic heterocycles. The van der Waals surface area contributed by atoms with Crippen LogP contribution in [0.1, 0.15) is 67.5 Å². The van der Waals surface area contributed by atoms with Gasteiger partial charge in [-0.15, -0.1) is 0 Å². The lowest BCUT2D eigenvalue weighted by molar-refractivity contribution is -0.000131. The molecule has 5 atom stereocenters. The highest BCUT2D eigenvalue weighted by molar-refractivity contribution is 5.40. The van der Waals surface area contributed by atoms with Crippen LogP contribution < -0.4 is 4.74 Å². The fraction of sp³-hybridized carbons (Fsp3) is 0.515. The van der Waals surface area contributed by atoms with Crippen LogP contribution in [0.15, 0.2) is 67.0 Å². The SMILES string of the molecule is COc1ccc2c(c1)CC[C@@H]1[C@@H]2CC[C@]2(C)[C@@H](N(CCc3ccccn3)CCc3ccccn3)CC[C@@H]12. The fourth-order valence-electron chi connectivity index (χ4n) is 8.29. The van der Waals surface area contributed by atoms with E-state index in [0.29, 0.717) is 11.5 Å². The van der Waals surface area contributed by atoms with Gasteiger partial charge in [-0.3, -0.25) is 14.9 Å². The highest BCUT2D eigenvalue weighted by Crippen LogP contribution is 2.62. The summed E-state index contributed by atoms with van der Waals surface area (Å²) in [6.07, 6.45) is 13.8. The van der Waals surface area contributed by atoms with Gasteiger partial charge in [-0.1, -0.05) is 25.1 Å². The minimum absolute atomic E-state index is 0.388. The summed E-state index contributed by atoms with van der Waals surface area (Å²) in [7, 11) is 1.78. The summed E-state index contributed by atoms with van der Waals surface area (Å²) in [4.78, 5) is 12.1. The lowest BCUT2D eigenvalue weighted by Crippen LogP contribution is -2.51. The van der Waals surface area contributed by atoms with Crippen molar-refractivity contribution < 1.29 is 4.74 Å². The van der Waals surface area contributed by atoms with E-state index >= 15 is 0 Å². The molecular weight excluding hydrogens is 454 g/mol. The Morgan fingerprint density at radius 3 is 2.27 bits per heavy atom. The van der Waals surface area contributed by atoms with E-state index in [1.54, 1.807) is 12.7 Å². The third-order valence-corrected chi connectivity index (χ3v) is 10.1. The van der Waals surface area contributed by atoms with Crippen LogP contribution in [-0.4, -0.2) is 41.1 Å². The minimum atomic E-state index is 0.388. The lowest BCUT2D eigenvalue weighted by Gasteiger charge is -2.52. The third kappa shape index (κ3) is 4.81. The average Bonchev–Trinajstić information content (AvgIpc) is 3.31. The Morgan fingerprint density at radius 1 is 0.892 bits per heavy atom. The first kappa shape index (κ1) is 24.6. The maximum absolute atomic E-state index is 5.54. The van der Waals surface area contributed by atoms with E-state index < -0.39 is 0 Å². The maximum atomic E-state index is 5.54. The molecule has 2 fully saturated rings. The van der Waals surface area contributed by atoms with Crippen LogP contribution in [0, 0.1) is 17.3 Å². The quantitative estimate of drug-likeness (QED) is 0.358. The molecule has 194 valence electrons. The van der Waals surface area contributed by atoms with Crippen molar-refractivity contribution in [2.24, 2.45) is 17.3 Å². The van der Waals surface area contributed by atoms with Crippen LogP contribution in [0.5, 0.6) is 5.75 Å². The van der Waals surface area contributed by atoms with Crippen LogP contribution in [-0.2, 0) is 19.3 Å². The molecule has 4 nitrogen and oxygen atoms in total.